The van der Waals surface area contributed by atoms with Gasteiger partial charge in [0, 0.05) is 30.3 Å². The minimum Gasteiger partial charge on any atom is -0.352 e. The Balaban J connectivity index is 1.79. The summed E-state index contributed by atoms with van der Waals surface area (Å²) < 4.78 is 15.7. The first kappa shape index (κ1) is 19.9. The molecule has 2 aromatic heterocycles. The minimum absolute atomic E-state index is 0.0391. The maximum Gasteiger partial charge on any atom is 0.170 e. The molecule has 0 radical (unpaired) electrons. The SMILES string of the molecule is CCCCN1C(=S)N[C@H](c2ccccn2)[C@@H]1c1cccn1-c1ccc(F)c(Cl)c1. The van der Waals surface area contributed by atoms with Crippen molar-refractivity contribution in [3.05, 3.63) is 83.2 Å². The van der Waals surface area contributed by atoms with Gasteiger partial charge >= 0.3 is 0 Å². The average molecular weight is 429 g/mol. The van der Waals surface area contributed by atoms with Crippen LogP contribution < -0.4 is 5.32 Å². The summed E-state index contributed by atoms with van der Waals surface area (Å²) in [5.74, 6) is -0.427. The molecule has 0 amide bonds. The Morgan fingerprint density at radius 3 is 2.79 bits per heavy atom. The summed E-state index contributed by atoms with van der Waals surface area (Å²) in [7, 11) is 0. The van der Waals surface area contributed by atoms with Gasteiger partial charge in [0.25, 0.3) is 0 Å². The van der Waals surface area contributed by atoms with E-state index in [9.17, 15) is 4.39 Å². The quantitative estimate of drug-likeness (QED) is 0.530. The van der Waals surface area contributed by atoms with Gasteiger partial charge in [-0.1, -0.05) is 31.0 Å². The summed E-state index contributed by atoms with van der Waals surface area (Å²) in [6.45, 7) is 3.02. The second-order valence-corrected chi connectivity index (χ2v) is 7.87. The first-order valence-corrected chi connectivity index (χ1v) is 10.5. The molecule has 1 aliphatic heterocycles. The Morgan fingerprint density at radius 2 is 2.07 bits per heavy atom. The third kappa shape index (κ3) is 3.87. The largest absolute Gasteiger partial charge is 0.352 e. The van der Waals surface area contributed by atoms with Crippen molar-refractivity contribution >= 4 is 28.9 Å². The van der Waals surface area contributed by atoms with Gasteiger partial charge in [0.1, 0.15) is 5.82 Å². The zero-order valence-corrected chi connectivity index (χ0v) is 17.6. The van der Waals surface area contributed by atoms with Gasteiger partial charge in [-0.25, -0.2) is 4.39 Å². The monoisotopic (exact) mass is 428 g/mol. The molecule has 1 N–H and O–H groups in total. The van der Waals surface area contributed by atoms with Crippen LogP contribution in [-0.2, 0) is 0 Å². The Bertz CT molecular complexity index is 1010. The number of thiocarbonyl (C=S) groups is 1. The van der Waals surface area contributed by atoms with Gasteiger partial charge in [-0.15, -0.1) is 0 Å². The number of pyridine rings is 1. The van der Waals surface area contributed by atoms with E-state index in [-0.39, 0.29) is 17.1 Å². The molecule has 1 aromatic carbocycles. The predicted molar refractivity (Wildman–Crippen MR) is 118 cm³/mol. The maximum atomic E-state index is 13.7. The molecule has 0 aliphatic carbocycles. The van der Waals surface area contributed by atoms with Crippen LogP contribution in [0.3, 0.4) is 0 Å². The van der Waals surface area contributed by atoms with Gasteiger partial charge < -0.3 is 14.8 Å². The van der Waals surface area contributed by atoms with Crippen LogP contribution >= 0.6 is 23.8 Å². The number of rotatable bonds is 6. The molecule has 0 saturated carbocycles. The van der Waals surface area contributed by atoms with Crippen LogP contribution in [0, 0.1) is 5.82 Å². The van der Waals surface area contributed by atoms with E-state index in [0.717, 1.165) is 41.6 Å². The van der Waals surface area contributed by atoms with E-state index in [0.29, 0.717) is 0 Å². The van der Waals surface area contributed by atoms with Crippen molar-refractivity contribution in [2.75, 3.05) is 6.54 Å². The van der Waals surface area contributed by atoms with Crippen LogP contribution in [0.25, 0.3) is 5.69 Å². The van der Waals surface area contributed by atoms with Gasteiger partial charge in [0.15, 0.2) is 5.11 Å². The van der Waals surface area contributed by atoms with Crippen molar-refractivity contribution in [3.63, 3.8) is 0 Å². The Morgan fingerprint density at radius 1 is 1.21 bits per heavy atom. The Kier molecular flexibility index (Phi) is 5.83. The highest BCUT2D eigenvalue weighted by molar-refractivity contribution is 7.80. The number of hydrogen-bond donors (Lipinski definition) is 1. The van der Waals surface area contributed by atoms with E-state index < -0.39 is 5.82 Å². The number of aromatic nitrogens is 2. The van der Waals surface area contributed by atoms with Crippen LogP contribution in [-0.4, -0.2) is 26.1 Å². The highest BCUT2D eigenvalue weighted by atomic mass is 35.5. The lowest BCUT2D eigenvalue weighted by atomic mass is 10.0. The fourth-order valence-corrected chi connectivity index (χ4v) is 4.31. The third-order valence-electron chi connectivity index (χ3n) is 5.22. The second kappa shape index (κ2) is 8.51. The Hall–Kier alpha value is -2.44. The number of nitrogens with zero attached hydrogens (tertiary/aromatic N) is 3. The van der Waals surface area contributed by atoms with E-state index in [1.54, 1.807) is 18.3 Å². The third-order valence-corrected chi connectivity index (χ3v) is 5.86. The first-order valence-electron chi connectivity index (χ1n) is 9.71. The average Bonchev–Trinajstić information content (AvgIpc) is 3.33. The van der Waals surface area contributed by atoms with E-state index in [1.807, 2.05) is 35.0 Å². The molecule has 0 bridgehead atoms. The summed E-state index contributed by atoms with van der Waals surface area (Å²) in [6, 6.07) is 14.6. The first-order chi connectivity index (χ1) is 14.1. The molecule has 1 fully saturated rings. The maximum absolute atomic E-state index is 13.7. The van der Waals surface area contributed by atoms with Crippen LogP contribution in [0.15, 0.2) is 60.9 Å². The number of halogens is 2. The molecule has 3 aromatic rings. The molecule has 150 valence electrons. The number of unbranched alkanes of at least 4 members (excludes halogenated alkanes) is 1. The standard InChI is InChI=1S/C22H22ClFN4S/c1-2-3-12-28-21(20(26-22(28)29)18-7-4-5-11-25-18)19-8-6-13-27(19)15-9-10-17(24)16(23)14-15/h4-11,13-14,20-21H,2-3,12H2,1H3,(H,26,29)/t20-,21+/m1/s1. The van der Waals surface area contributed by atoms with Gasteiger partial charge in [-0.05, 0) is 61.1 Å². The predicted octanol–water partition coefficient (Wildman–Crippen LogP) is 5.44. The molecule has 3 heterocycles. The molecule has 4 rings (SSSR count). The lowest BCUT2D eigenvalue weighted by Crippen LogP contribution is -2.31. The van der Waals surface area contributed by atoms with Crippen LogP contribution in [0.4, 0.5) is 4.39 Å². The van der Waals surface area contributed by atoms with E-state index in [1.165, 1.54) is 6.07 Å². The summed E-state index contributed by atoms with van der Waals surface area (Å²) in [4.78, 5) is 6.80. The van der Waals surface area contributed by atoms with Crippen molar-refractivity contribution in [2.45, 2.75) is 31.8 Å². The molecule has 29 heavy (non-hydrogen) atoms. The second-order valence-electron chi connectivity index (χ2n) is 7.08. The number of hydrogen-bond acceptors (Lipinski definition) is 2. The molecule has 1 saturated heterocycles. The smallest absolute Gasteiger partial charge is 0.170 e. The van der Waals surface area contributed by atoms with Gasteiger partial charge in [0.05, 0.1) is 22.8 Å². The minimum atomic E-state index is -0.427. The van der Waals surface area contributed by atoms with Gasteiger partial charge in [-0.2, -0.15) is 0 Å². The zero-order chi connectivity index (χ0) is 20.4. The number of nitrogens with one attached hydrogen (secondary N) is 1. The van der Waals surface area contributed by atoms with Crippen LogP contribution in [0.5, 0.6) is 0 Å². The van der Waals surface area contributed by atoms with E-state index in [4.69, 9.17) is 23.8 Å². The number of benzene rings is 1. The van der Waals surface area contributed by atoms with Crippen molar-refractivity contribution in [2.24, 2.45) is 0 Å². The molecular weight excluding hydrogens is 407 g/mol. The molecule has 4 nitrogen and oxygen atoms in total. The van der Waals surface area contributed by atoms with Crippen molar-refractivity contribution < 1.29 is 4.39 Å². The lowest BCUT2D eigenvalue weighted by Gasteiger charge is -2.29. The topological polar surface area (TPSA) is 33.1 Å². The van der Waals surface area contributed by atoms with Crippen LogP contribution in [0.2, 0.25) is 5.02 Å². The normalized spacial score (nSPS) is 18.9. The molecule has 2 atom stereocenters. The van der Waals surface area contributed by atoms with E-state index >= 15 is 0 Å². The summed E-state index contributed by atoms with van der Waals surface area (Å²) in [5.41, 5.74) is 2.79. The fraction of sp³-hybridized carbons (Fsp3) is 0.273. The molecule has 0 spiro atoms. The van der Waals surface area contributed by atoms with Crippen molar-refractivity contribution in [1.82, 2.24) is 19.8 Å². The van der Waals surface area contributed by atoms with Gasteiger partial charge in [0.2, 0.25) is 0 Å². The van der Waals surface area contributed by atoms with Crippen molar-refractivity contribution in [3.8, 4) is 5.69 Å². The van der Waals surface area contributed by atoms with Crippen molar-refractivity contribution in [1.29, 1.82) is 0 Å². The highest BCUT2D eigenvalue weighted by Gasteiger charge is 2.40. The van der Waals surface area contributed by atoms with E-state index in [2.05, 4.69) is 28.2 Å². The van der Waals surface area contributed by atoms with Crippen LogP contribution in [0.1, 0.15) is 43.2 Å². The summed E-state index contributed by atoms with van der Waals surface area (Å²) in [6.07, 6.45) is 5.88. The highest BCUT2D eigenvalue weighted by Crippen LogP contribution is 2.39. The lowest BCUT2D eigenvalue weighted by molar-refractivity contribution is 0.304. The van der Waals surface area contributed by atoms with Gasteiger partial charge in [-0.3, -0.25) is 4.98 Å². The molecule has 1 aliphatic rings. The zero-order valence-electron chi connectivity index (χ0n) is 16.1. The fourth-order valence-electron chi connectivity index (χ4n) is 3.80. The molecule has 7 heteroatoms. The summed E-state index contributed by atoms with van der Waals surface area (Å²) >= 11 is 11.7. The Labute approximate surface area is 180 Å². The molecule has 0 unspecified atom stereocenters. The molecular formula is C22H22ClFN4S. The summed E-state index contributed by atoms with van der Waals surface area (Å²) in [5, 5.41) is 4.29.